The molecule has 0 aliphatic carbocycles. The first-order chi connectivity index (χ1) is 11.8. The molecule has 1 aromatic rings. The predicted molar refractivity (Wildman–Crippen MR) is 103 cm³/mol. The molecule has 1 aromatic carbocycles. The van der Waals surface area contributed by atoms with E-state index in [1.165, 1.54) is 16.8 Å². The van der Waals surface area contributed by atoms with E-state index in [1.54, 1.807) is 8.61 Å². The van der Waals surface area contributed by atoms with Crippen molar-refractivity contribution in [1.82, 2.24) is 8.61 Å². The molecule has 2 aliphatic heterocycles. The van der Waals surface area contributed by atoms with Crippen LogP contribution in [0.25, 0.3) is 0 Å². The maximum Gasteiger partial charge on any atom is 0.282 e. The minimum atomic E-state index is -3.33. The molecule has 2 unspecified atom stereocenters. The summed E-state index contributed by atoms with van der Waals surface area (Å²) in [5, 5.41) is 0. The van der Waals surface area contributed by atoms with Crippen LogP contribution in [0.1, 0.15) is 31.4 Å². The summed E-state index contributed by atoms with van der Waals surface area (Å²) in [5.74, 6) is 0.879. The molecule has 6 heteroatoms. The SMILES string of the molecule is Cc1cccc(N2CCN(S(=O)(=O)N3CC(C)CC(C)C3)CC2)c1C. The van der Waals surface area contributed by atoms with E-state index >= 15 is 0 Å². The summed E-state index contributed by atoms with van der Waals surface area (Å²) >= 11 is 0. The van der Waals surface area contributed by atoms with Gasteiger partial charge >= 0.3 is 0 Å². The summed E-state index contributed by atoms with van der Waals surface area (Å²) in [4.78, 5) is 2.32. The van der Waals surface area contributed by atoms with Crippen molar-refractivity contribution in [2.45, 2.75) is 34.1 Å². The van der Waals surface area contributed by atoms with Crippen LogP contribution < -0.4 is 4.90 Å². The van der Waals surface area contributed by atoms with Crippen molar-refractivity contribution in [3.8, 4) is 0 Å². The number of anilines is 1. The van der Waals surface area contributed by atoms with Gasteiger partial charge in [0.05, 0.1) is 0 Å². The summed E-state index contributed by atoms with van der Waals surface area (Å²) in [6.07, 6.45) is 1.12. The lowest BCUT2D eigenvalue weighted by Gasteiger charge is -2.41. The fourth-order valence-corrected chi connectivity index (χ4v) is 6.03. The Bertz CT molecular complexity index is 701. The predicted octanol–water partition coefficient (Wildman–Crippen LogP) is 2.65. The van der Waals surface area contributed by atoms with E-state index < -0.39 is 10.2 Å². The van der Waals surface area contributed by atoms with E-state index in [0.29, 0.717) is 38.0 Å². The zero-order valence-electron chi connectivity index (χ0n) is 15.9. The van der Waals surface area contributed by atoms with Gasteiger partial charge in [-0.25, -0.2) is 0 Å². The van der Waals surface area contributed by atoms with E-state index in [1.807, 2.05) is 0 Å². The molecule has 0 spiro atoms. The van der Waals surface area contributed by atoms with Gasteiger partial charge in [0.2, 0.25) is 0 Å². The van der Waals surface area contributed by atoms with Gasteiger partial charge in [0, 0.05) is 45.0 Å². The lowest BCUT2D eigenvalue weighted by atomic mass is 9.94. The lowest BCUT2D eigenvalue weighted by Crippen LogP contribution is -2.55. The smallest absolute Gasteiger partial charge is 0.282 e. The minimum absolute atomic E-state index is 0.440. The molecular weight excluding hydrogens is 334 g/mol. The summed E-state index contributed by atoms with van der Waals surface area (Å²) in [7, 11) is -3.33. The maximum absolute atomic E-state index is 13.0. The summed E-state index contributed by atoms with van der Waals surface area (Å²) in [5.41, 5.74) is 3.80. The van der Waals surface area contributed by atoms with Crippen LogP contribution in [0.4, 0.5) is 5.69 Å². The van der Waals surface area contributed by atoms with Crippen LogP contribution in [0, 0.1) is 25.7 Å². The highest BCUT2D eigenvalue weighted by atomic mass is 32.2. The van der Waals surface area contributed by atoms with Crippen LogP contribution >= 0.6 is 0 Å². The van der Waals surface area contributed by atoms with Crippen molar-refractivity contribution in [2.24, 2.45) is 11.8 Å². The quantitative estimate of drug-likeness (QED) is 0.827. The molecule has 5 nitrogen and oxygen atoms in total. The largest absolute Gasteiger partial charge is 0.369 e. The Kier molecular flexibility index (Phi) is 5.42. The van der Waals surface area contributed by atoms with Crippen molar-refractivity contribution in [3.63, 3.8) is 0 Å². The van der Waals surface area contributed by atoms with Gasteiger partial charge in [0.1, 0.15) is 0 Å². The second kappa shape index (κ2) is 7.25. The van der Waals surface area contributed by atoms with E-state index in [0.717, 1.165) is 19.5 Å². The van der Waals surface area contributed by atoms with Gasteiger partial charge in [-0.3, -0.25) is 0 Å². The van der Waals surface area contributed by atoms with Gasteiger partial charge < -0.3 is 4.90 Å². The highest BCUT2D eigenvalue weighted by Crippen LogP contribution is 2.27. The Balaban J connectivity index is 1.68. The van der Waals surface area contributed by atoms with Crippen molar-refractivity contribution in [2.75, 3.05) is 44.2 Å². The molecule has 3 rings (SSSR count). The van der Waals surface area contributed by atoms with Crippen LogP contribution in [0.2, 0.25) is 0 Å². The first-order valence-electron chi connectivity index (χ1n) is 9.35. The molecule has 2 saturated heterocycles. The van der Waals surface area contributed by atoms with E-state index in [9.17, 15) is 8.42 Å². The van der Waals surface area contributed by atoms with Crippen molar-refractivity contribution in [3.05, 3.63) is 29.3 Å². The molecular formula is C19H31N3O2S. The monoisotopic (exact) mass is 365 g/mol. The van der Waals surface area contributed by atoms with Gasteiger partial charge in [-0.15, -0.1) is 0 Å². The molecule has 2 heterocycles. The number of piperidine rings is 1. The third-order valence-electron chi connectivity index (χ3n) is 5.64. The van der Waals surface area contributed by atoms with Crippen molar-refractivity contribution >= 4 is 15.9 Å². The number of hydrogen-bond donors (Lipinski definition) is 0. The number of aryl methyl sites for hydroxylation is 1. The normalized spacial score (nSPS) is 26.8. The van der Waals surface area contributed by atoms with Gasteiger partial charge in [-0.1, -0.05) is 26.0 Å². The Morgan fingerprint density at radius 3 is 2.12 bits per heavy atom. The summed E-state index contributed by atoms with van der Waals surface area (Å²) < 4.78 is 29.4. The molecule has 140 valence electrons. The zero-order chi connectivity index (χ0) is 18.2. The number of nitrogens with zero attached hydrogens (tertiary/aromatic N) is 3. The Morgan fingerprint density at radius 1 is 0.920 bits per heavy atom. The molecule has 0 N–H and O–H groups in total. The molecule has 2 atom stereocenters. The first kappa shape index (κ1) is 18.7. The summed E-state index contributed by atoms with van der Waals surface area (Å²) in [6.45, 7) is 12.5. The van der Waals surface area contributed by atoms with Crippen molar-refractivity contribution in [1.29, 1.82) is 0 Å². The third-order valence-corrected chi connectivity index (χ3v) is 7.61. The molecule has 0 amide bonds. The second-order valence-corrected chi connectivity index (χ2v) is 9.80. The molecule has 0 bridgehead atoms. The van der Waals surface area contributed by atoms with Gasteiger partial charge in [-0.05, 0) is 49.3 Å². The molecule has 0 radical (unpaired) electrons. The molecule has 2 fully saturated rings. The molecule has 25 heavy (non-hydrogen) atoms. The average Bonchev–Trinajstić information content (AvgIpc) is 2.56. The lowest BCUT2D eigenvalue weighted by molar-refractivity contribution is 0.207. The zero-order valence-corrected chi connectivity index (χ0v) is 16.7. The fourth-order valence-electron chi connectivity index (χ4n) is 4.20. The standard InChI is InChI=1S/C19H31N3O2S/c1-15-12-16(2)14-22(13-15)25(23,24)21-10-8-20(9-11-21)19-7-5-6-17(3)18(19)4/h5-7,15-16H,8-14H2,1-4H3. The van der Waals surface area contributed by atoms with E-state index in [2.05, 4.69) is 50.8 Å². The topological polar surface area (TPSA) is 43.9 Å². The number of piperazine rings is 1. The number of rotatable bonds is 3. The highest BCUT2D eigenvalue weighted by Gasteiger charge is 2.36. The first-order valence-corrected chi connectivity index (χ1v) is 10.7. The van der Waals surface area contributed by atoms with E-state index in [-0.39, 0.29) is 0 Å². The van der Waals surface area contributed by atoms with Crippen LogP contribution in [0.3, 0.4) is 0 Å². The van der Waals surface area contributed by atoms with Gasteiger partial charge in [0.15, 0.2) is 0 Å². The second-order valence-electron chi connectivity index (χ2n) is 7.88. The highest BCUT2D eigenvalue weighted by molar-refractivity contribution is 7.86. The Morgan fingerprint density at radius 2 is 1.52 bits per heavy atom. The maximum atomic E-state index is 13.0. The number of benzene rings is 1. The Labute approximate surface area is 152 Å². The van der Waals surface area contributed by atoms with Crippen LogP contribution in [0.5, 0.6) is 0 Å². The number of hydrogen-bond acceptors (Lipinski definition) is 3. The molecule has 0 saturated carbocycles. The Hall–Kier alpha value is -1.11. The fraction of sp³-hybridized carbons (Fsp3) is 0.684. The van der Waals surface area contributed by atoms with Crippen LogP contribution in [0.15, 0.2) is 18.2 Å². The summed E-state index contributed by atoms with van der Waals surface area (Å²) in [6, 6.07) is 6.34. The van der Waals surface area contributed by atoms with Crippen LogP contribution in [-0.2, 0) is 10.2 Å². The van der Waals surface area contributed by atoms with Gasteiger partial charge in [-0.2, -0.15) is 17.0 Å². The van der Waals surface area contributed by atoms with Crippen LogP contribution in [-0.4, -0.2) is 56.3 Å². The minimum Gasteiger partial charge on any atom is -0.369 e. The van der Waals surface area contributed by atoms with Gasteiger partial charge in [0.25, 0.3) is 10.2 Å². The van der Waals surface area contributed by atoms with E-state index in [4.69, 9.17) is 0 Å². The molecule has 0 aromatic heterocycles. The third kappa shape index (κ3) is 3.86. The molecule has 2 aliphatic rings. The average molecular weight is 366 g/mol. The van der Waals surface area contributed by atoms with Crippen molar-refractivity contribution < 1.29 is 8.42 Å².